The van der Waals surface area contributed by atoms with Crippen molar-refractivity contribution in [1.82, 2.24) is 5.32 Å². The number of rotatable bonds is 50. The number of aliphatic hydroxyl groups excluding tert-OH is 7. The van der Waals surface area contributed by atoms with Crippen LogP contribution in [0, 0.1) is 0 Å². The van der Waals surface area contributed by atoms with E-state index in [-0.39, 0.29) is 25.5 Å². The van der Waals surface area contributed by atoms with E-state index in [0.29, 0.717) is 17.4 Å². The maximum atomic E-state index is 13.3. The molecule has 19 heteroatoms. The maximum Gasteiger partial charge on any atom is 0.472 e. The zero-order chi connectivity index (χ0) is 57.4. The Balaban J connectivity index is 1.87. The van der Waals surface area contributed by atoms with Crippen LogP contribution in [0.25, 0.3) is 0 Å². The molecule has 462 valence electrons. The van der Waals surface area contributed by atoms with Gasteiger partial charge >= 0.3 is 7.82 Å². The first-order valence-electron chi connectivity index (χ1n) is 31.1. The number of unbranched alkanes of at least 4 members (excludes halogenated alkanes) is 31. The zero-order valence-corrected chi connectivity index (χ0v) is 50.3. The zero-order valence-electron chi connectivity index (χ0n) is 49.4. The molecule has 1 amide bonds. The first-order valence-corrected chi connectivity index (χ1v) is 32.6. The number of phosphoric acid groups is 1. The highest BCUT2D eigenvalue weighted by Crippen LogP contribution is 2.44. The van der Waals surface area contributed by atoms with E-state index in [1.165, 1.54) is 161 Å². The summed E-state index contributed by atoms with van der Waals surface area (Å²) in [5, 5.41) is 78.9. The third-order valence-electron chi connectivity index (χ3n) is 15.2. The number of nitrogens with one attached hydrogen (secondary N) is 1. The van der Waals surface area contributed by atoms with Gasteiger partial charge in [0.2, 0.25) is 5.91 Å². The summed E-state index contributed by atoms with van der Waals surface area (Å²) in [6, 6.07) is -0.953. The van der Waals surface area contributed by atoms with E-state index in [4.69, 9.17) is 28.0 Å². The van der Waals surface area contributed by atoms with Gasteiger partial charge in [-0.3, -0.25) is 13.8 Å². The number of carbonyl (C=O) groups is 1. The minimum Gasteiger partial charge on any atom is -0.387 e. The Hall–Kier alpha value is -1.16. The van der Waals surface area contributed by atoms with Crippen LogP contribution in [-0.4, -0.2) is 179 Å². The quantitative estimate of drug-likeness (QED) is 0.0119. The molecule has 0 spiro atoms. The van der Waals surface area contributed by atoms with Gasteiger partial charge in [0, 0.05) is 6.42 Å². The summed E-state index contributed by atoms with van der Waals surface area (Å²) in [4.78, 5) is 23.5. The number of hydrogen-bond acceptors (Lipinski definition) is 15. The lowest BCUT2D eigenvalue weighted by Gasteiger charge is -2.43. The molecule has 9 N–H and O–H groups in total. The molecule has 13 atom stereocenters. The van der Waals surface area contributed by atoms with Gasteiger partial charge in [0.05, 0.1) is 53.1 Å². The van der Waals surface area contributed by atoms with Gasteiger partial charge in [-0.05, 0) is 19.3 Å². The van der Waals surface area contributed by atoms with Crippen LogP contribution in [-0.2, 0) is 37.4 Å². The van der Waals surface area contributed by atoms with Crippen LogP contribution in [0.15, 0.2) is 12.2 Å². The Morgan fingerprint density at radius 1 is 0.538 bits per heavy atom. The van der Waals surface area contributed by atoms with E-state index in [9.17, 15) is 50.0 Å². The summed E-state index contributed by atoms with van der Waals surface area (Å²) in [6.45, 7) is 3.11. The lowest BCUT2D eigenvalue weighted by Crippen LogP contribution is -2.62. The number of phosphoric ester groups is 1. The molecule has 2 heterocycles. The van der Waals surface area contributed by atoms with Gasteiger partial charge in [-0.1, -0.05) is 219 Å². The Labute approximate surface area is 471 Å². The number of nitrogens with zero attached hydrogens (tertiary/aromatic N) is 1. The van der Waals surface area contributed by atoms with Gasteiger partial charge in [0.25, 0.3) is 0 Å². The Morgan fingerprint density at radius 3 is 1.35 bits per heavy atom. The van der Waals surface area contributed by atoms with Gasteiger partial charge < -0.3 is 69.4 Å². The van der Waals surface area contributed by atoms with Crippen molar-refractivity contribution in [3.05, 3.63) is 12.2 Å². The molecule has 0 aliphatic carbocycles. The number of aliphatic hydroxyl groups is 7. The summed E-state index contributed by atoms with van der Waals surface area (Å²) in [5.41, 5.74) is 0. The van der Waals surface area contributed by atoms with Crippen molar-refractivity contribution in [2.75, 3.05) is 54.1 Å². The lowest BCUT2D eigenvalue weighted by molar-refractivity contribution is -0.870. The second-order valence-electron chi connectivity index (χ2n) is 23.5. The van der Waals surface area contributed by atoms with Gasteiger partial charge in [0.1, 0.15) is 62.0 Å². The fourth-order valence-electron chi connectivity index (χ4n) is 9.93. The van der Waals surface area contributed by atoms with Gasteiger partial charge in [-0.15, -0.1) is 0 Å². The fourth-order valence-corrected chi connectivity index (χ4v) is 10.6. The molecule has 18 nitrogen and oxygen atoms in total. The van der Waals surface area contributed by atoms with Crippen LogP contribution >= 0.6 is 7.82 Å². The van der Waals surface area contributed by atoms with Gasteiger partial charge in [0.15, 0.2) is 12.6 Å². The van der Waals surface area contributed by atoms with E-state index >= 15 is 0 Å². The van der Waals surface area contributed by atoms with Crippen LogP contribution in [0.2, 0.25) is 0 Å². The standard InChI is InChI=1S/C59H115N2O16P/c1-6-8-10-12-14-16-18-20-21-22-23-24-25-26-27-29-31-33-35-37-39-41-51(63)60-47(48(62)40-38-36-34-32-30-28-19-17-15-13-11-9-7-2)44-72-58-56(68)54(66)52(64)49(76-58)45-73-59-57(69)55(67)53(65)50(77-59)46-75-78(70,71)74-43-42-61(3,4)5/h38,40,47-50,52-59,62,64-69H,6-37,39,41-46H2,1-5H3,(H-,60,63,70,71)/p+1/b40-38+/t47-,48+,49+,50+,52-,53-,54-,55-,56+,57+,58+,59+/m0/s1. The topological polar surface area (TPSA) is 263 Å². The second kappa shape index (κ2) is 44.4. The molecule has 2 aliphatic rings. The van der Waals surface area contributed by atoms with E-state index < -0.39 is 94.6 Å². The molecule has 0 aromatic heterocycles. The molecule has 0 aromatic carbocycles. The molecule has 0 aromatic rings. The molecule has 2 fully saturated rings. The molecule has 2 saturated heterocycles. The van der Waals surface area contributed by atoms with E-state index in [1.807, 2.05) is 27.2 Å². The highest BCUT2D eigenvalue weighted by molar-refractivity contribution is 7.47. The summed E-state index contributed by atoms with van der Waals surface area (Å²) in [5.74, 6) is -0.262. The van der Waals surface area contributed by atoms with Crippen molar-refractivity contribution in [3.8, 4) is 0 Å². The van der Waals surface area contributed by atoms with Crippen molar-refractivity contribution >= 4 is 13.7 Å². The second-order valence-corrected chi connectivity index (χ2v) is 25.0. The number of allylic oxidation sites excluding steroid dienone is 1. The number of carbonyl (C=O) groups excluding carboxylic acids is 1. The summed E-state index contributed by atoms with van der Waals surface area (Å²) in [7, 11) is 0.995. The predicted octanol–water partition coefficient (Wildman–Crippen LogP) is 9.18. The fraction of sp³-hybridized carbons (Fsp3) is 0.949. The van der Waals surface area contributed by atoms with Gasteiger partial charge in [-0.2, -0.15) is 0 Å². The smallest absolute Gasteiger partial charge is 0.387 e. The van der Waals surface area contributed by atoms with Crippen molar-refractivity contribution in [2.45, 2.75) is 306 Å². The number of amides is 1. The third-order valence-corrected chi connectivity index (χ3v) is 16.2. The predicted molar refractivity (Wildman–Crippen MR) is 305 cm³/mol. The Bertz CT molecular complexity index is 1530. The van der Waals surface area contributed by atoms with Crippen molar-refractivity contribution in [2.24, 2.45) is 0 Å². The molecular weight excluding hydrogens is 1020 g/mol. The van der Waals surface area contributed by atoms with Gasteiger partial charge in [-0.25, -0.2) is 4.57 Å². The molecule has 0 radical (unpaired) electrons. The SMILES string of the molecule is CCCCCCCCCCCCC/C=C/[C@@H](O)[C@H](CO[C@@H]1O[C@H](CO[C@@H]2O[C@H](COP(=O)(O)OCC[N+](C)(C)C)[C@H](O)[C@H](O)[C@H]2O)[C@H](O)[C@H](O)[C@H]1O)NC(=O)CCCCCCCCCCCCCCCCCCCCCCC. The van der Waals surface area contributed by atoms with Crippen molar-refractivity contribution in [1.29, 1.82) is 0 Å². The highest BCUT2D eigenvalue weighted by atomic mass is 31.2. The number of ether oxygens (including phenoxy) is 4. The number of quaternary nitrogens is 1. The van der Waals surface area contributed by atoms with E-state index in [0.717, 1.165) is 44.9 Å². The maximum absolute atomic E-state index is 13.3. The molecule has 0 bridgehead atoms. The molecule has 2 aliphatic heterocycles. The Kier molecular flexibility index (Phi) is 41.5. The molecular formula is C59H116N2O16P+. The highest BCUT2D eigenvalue weighted by Gasteiger charge is 2.48. The first kappa shape index (κ1) is 72.9. The number of hydrogen-bond donors (Lipinski definition) is 9. The average molecular weight is 1140 g/mol. The van der Waals surface area contributed by atoms with Crippen molar-refractivity contribution < 1.29 is 82.5 Å². The first-order chi connectivity index (χ1) is 37.4. The Morgan fingerprint density at radius 2 is 0.923 bits per heavy atom. The van der Waals surface area contributed by atoms with Crippen LogP contribution in [0.4, 0.5) is 0 Å². The van der Waals surface area contributed by atoms with E-state index in [2.05, 4.69) is 19.2 Å². The molecule has 0 saturated carbocycles. The normalized spacial score (nSPS) is 25.6. The van der Waals surface area contributed by atoms with Crippen LogP contribution < -0.4 is 5.32 Å². The number of likely N-dealkylation sites (N-methyl/N-ethyl adjacent to an activating group) is 1. The minimum absolute atomic E-state index is 0.112. The largest absolute Gasteiger partial charge is 0.472 e. The van der Waals surface area contributed by atoms with Crippen LogP contribution in [0.1, 0.15) is 232 Å². The van der Waals surface area contributed by atoms with E-state index in [1.54, 1.807) is 6.08 Å². The monoisotopic (exact) mass is 1140 g/mol. The average Bonchev–Trinajstić information content (AvgIpc) is 3.40. The molecule has 2 rings (SSSR count). The third kappa shape index (κ3) is 34.4. The summed E-state index contributed by atoms with van der Waals surface area (Å²) < 4.78 is 46.0. The molecule has 78 heavy (non-hydrogen) atoms. The van der Waals surface area contributed by atoms with Crippen LogP contribution in [0.5, 0.6) is 0 Å². The van der Waals surface area contributed by atoms with Crippen molar-refractivity contribution in [3.63, 3.8) is 0 Å². The summed E-state index contributed by atoms with van der Waals surface area (Å²) >= 11 is 0. The summed E-state index contributed by atoms with van der Waals surface area (Å²) in [6.07, 6.45) is 26.7. The minimum atomic E-state index is -4.61. The molecule has 1 unspecified atom stereocenters. The lowest BCUT2D eigenvalue weighted by atomic mass is 9.98. The van der Waals surface area contributed by atoms with Crippen LogP contribution in [0.3, 0.4) is 0 Å².